The molecule has 0 saturated carbocycles. The van der Waals surface area contributed by atoms with Gasteiger partial charge in [-0.1, -0.05) is 0 Å². The molecule has 0 aromatic heterocycles. The van der Waals surface area contributed by atoms with Crippen molar-refractivity contribution in [2.45, 2.75) is 12.5 Å². The maximum Gasteiger partial charge on any atom is 0.317 e. The Morgan fingerprint density at radius 1 is 1.06 bits per heavy atom. The van der Waals surface area contributed by atoms with Crippen LogP contribution in [0.2, 0.25) is 0 Å². The van der Waals surface area contributed by atoms with Gasteiger partial charge in [0.25, 0.3) is 0 Å². The van der Waals surface area contributed by atoms with E-state index >= 15 is 0 Å². The van der Waals surface area contributed by atoms with Crippen molar-refractivity contribution in [1.29, 1.82) is 0 Å². The van der Waals surface area contributed by atoms with Crippen molar-refractivity contribution in [3.05, 3.63) is 0 Å². The Morgan fingerprint density at radius 3 is 1.38 bits per heavy atom. The van der Waals surface area contributed by atoms with Gasteiger partial charge in [0.15, 0.2) is 0 Å². The lowest BCUT2D eigenvalue weighted by atomic mass is 10.4. The zero-order valence-corrected chi connectivity index (χ0v) is 8.99. The predicted molar refractivity (Wildman–Crippen MR) is 55.7 cm³/mol. The maximum absolute atomic E-state index is 9.24. The van der Waals surface area contributed by atoms with Crippen LogP contribution in [0.1, 0.15) is 6.42 Å². The number of hydrogen-bond acceptors (Lipinski definition) is 7. The number of hydrogen-bond donors (Lipinski definition) is 7. The van der Waals surface area contributed by atoms with Crippen LogP contribution in [0.4, 0.5) is 0 Å². The van der Waals surface area contributed by atoms with E-state index in [0.29, 0.717) is 6.42 Å². The smallest absolute Gasteiger partial charge is 0.317 e. The van der Waals surface area contributed by atoms with Gasteiger partial charge < -0.3 is 36.4 Å². The average Bonchev–Trinajstić information content (AvgIpc) is 2.30. The van der Waals surface area contributed by atoms with Crippen molar-refractivity contribution in [2.75, 3.05) is 33.0 Å². The van der Waals surface area contributed by atoms with E-state index in [1.165, 1.54) is 0 Å². The van der Waals surface area contributed by atoms with Gasteiger partial charge in [-0.25, -0.2) is 0 Å². The first-order valence-corrected chi connectivity index (χ1v) is 4.53. The van der Waals surface area contributed by atoms with Crippen LogP contribution in [0.5, 0.6) is 0 Å². The second kappa shape index (κ2) is 19.7. The van der Waals surface area contributed by atoms with Gasteiger partial charge in [0.1, 0.15) is 6.10 Å². The van der Waals surface area contributed by atoms with Gasteiger partial charge in [0, 0.05) is 13.2 Å². The van der Waals surface area contributed by atoms with E-state index in [-0.39, 0.29) is 33.0 Å². The molecule has 0 spiro atoms. The first kappa shape index (κ1) is 20.6. The summed E-state index contributed by atoms with van der Waals surface area (Å²) in [6.07, 6.45) is -0.454. The number of aliphatic hydroxyl groups excluding tert-OH is 5. The van der Waals surface area contributed by atoms with Crippen LogP contribution in [0.25, 0.3) is 0 Å². The maximum atomic E-state index is 9.24. The molecule has 0 unspecified atom stereocenters. The first-order valence-electron chi connectivity index (χ1n) is 4.53. The molecule has 0 rings (SSSR count). The molecule has 0 saturated heterocycles. The van der Waals surface area contributed by atoms with E-state index < -0.39 is 12.1 Å². The second-order valence-corrected chi connectivity index (χ2v) is 2.42. The number of nitrogens with two attached hydrogens (primary N) is 1. The average molecular weight is 243 g/mol. The number of rotatable bonds is 5. The Bertz CT molecular complexity index is 128. The zero-order chi connectivity index (χ0) is 13.4. The summed E-state index contributed by atoms with van der Waals surface area (Å²) in [6, 6.07) is 0. The highest BCUT2D eigenvalue weighted by Crippen LogP contribution is 1.71. The van der Waals surface area contributed by atoms with Gasteiger partial charge in [-0.05, 0) is 6.42 Å². The van der Waals surface area contributed by atoms with Crippen molar-refractivity contribution >= 4 is 5.97 Å². The molecule has 0 aliphatic carbocycles. The fourth-order valence-corrected chi connectivity index (χ4v) is 0.128. The number of carboxylic acid groups (broad SMARTS) is 1. The monoisotopic (exact) mass is 243 g/mol. The van der Waals surface area contributed by atoms with E-state index in [1.807, 2.05) is 0 Å². The largest absolute Gasteiger partial charge is 0.480 e. The third-order valence-electron chi connectivity index (χ3n) is 0.912. The molecule has 0 aromatic rings. The summed E-state index contributed by atoms with van der Waals surface area (Å²) in [5.41, 5.74) is 4.57. The molecule has 0 radical (unpaired) electrons. The summed E-state index contributed by atoms with van der Waals surface area (Å²) in [4.78, 5) is 9.24. The van der Waals surface area contributed by atoms with Crippen LogP contribution >= 0.6 is 0 Å². The summed E-state index contributed by atoms with van der Waals surface area (Å²) >= 11 is 0. The van der Waals surface area contributed by atoms with E-state index in [2.05, 4.69) is 5.73 Å². The molecule has 8 N–H and O–H groups in total. The Morgan fingerprint density at radius 2 is 1.38 bits per heavy atom. The summed E-state index contributed by atoms with van der Waals surface area (Å²) in [6.45, 7) is -0.819. The molecule has 100 valence electrons. The molecular weight excluding hydrogens is 222 g/mol. The first-order chi connectivity index (χ1) is 7.49. The highest BCUT2D eigenvalue weighted by molar-refractivity contribution is 5.68. The fraction of sp³-hybridized carbons (Fsp3) is 0.875. The zero-order valence-electron chi connectivity index (χ0n) is 8.99. The van der Waals surface area contributed by atoms with Gasteiger partial charge in [0.05, 0.1) is 19.8 Å². The van der Waals surface area contributed by atoms with Gasteiger partial charge in [-0.2, -0.15) is 0 Å². The predicted octanol–water partition coefficient (Wildman–Crippen LogP) is -3.28. The molecule has 0 amide bonds. The molecule has 0 atom stereocenters. The summed E-state index contributed by atoms with van der Waals surface area (Å²) in [7, 11) is 0. The van der Waals surface area contributed by atoms with E-state index in [9.17, 15) is 4.79 Å². The minimum Gasteiger partial charge on any atom is -0.480 e. The minimum atomic E-state index is -0.968. The second-order valence-electron chi connectivity index (χ2n) is 2.42. The van der Waals surface area contributed by atoms with Gasteiger partial charge >= 0.3 is 5.97 Å². The van der Waals surface area contributed by atoms with E-state index in [0.717, 1.165) is 0 Å². The van der Waals surface area contributed by atoms with Crippen LogP contribution in [-0.4, -0.2) is 75.7 Å². The van der Waals surface area contributed by atoms with Crippen molar-refractivity contribution in [3.63, 3.8) is 0 Å². The molecular formula is C8H21NO7. The van der Waals surface area contributed by atoms with Gasteiger partial charge in [-0.3, -0.25) is 4.79 Å². The Labute approximate surface area is 93.6 Å². The lowest BCUT2D eigenvalue weighted by molar-refractivity contribution is -0.135. The molecule has 0 aromatic carbocycles. The lowest BCUT2D eigenvalue weighted by Crippen LogP contribution is -2.15. The van der Waals surface area contributed by atoms with Crippen LogP contribution in [0.15, 0.2) is 0 Å². The highest BCUT2D eigenvalue weighted by atomic mass is 16.4. The van der Waals surface area contributed by atoms with Crippen LogP contribution < -0.4 is 5.73 Å². The van der Waals surface area contributed by atoms with E-state index in [1.54, 1.807) is 0 Å². The number of carbonyl (C=O) groups is 1. The summed E-state index contributed by atoms with van der Waals surface area (Å²) in [5.74, 6) is -0.968. The standard InChI is InChI=1S/C3H8O3.C3H8O2.C2H5NO2/c4-1-3(6)2-5;4-2-1-3-5;3-1-2(4)5/h3-6H,1-2H2;4-5H,1-3H2;1,3H2,(H,4,5). The topological polar surface area (TPSA) is 164 Å². The quantitative estimate of drug-likeness (QED) is 0.264. The normalized spacial score (nSPS) is 8.69. The third kappa shape index (κ3) is 37.9. The molecule has 16 heavy (non-hydrogen) atoms. The third-order valence-corrected chi connectivity index (χ3v) is 0.912. The van der Waals surface area contributed by atoms with Crippen LogP contribution in [0, 0.1) is 0 Å². The molecule has 0 aliphatic heterocycles. The highest BCUT2D eigenvalue weighted by Gasteiger charge is 1.93. The van der Waals surface area contributed by atoms with Crippen LogP contribution in [0.3, 0.4) is 0 Å². The number of aliphatic carboxylic acids is 1. The van der Waals surface area contributed by atoms with Gasteiger partial charge in [-0.15, -0.1) is 0 Å². The van der Waals surface area contributed by atoms with Crippen molar-refractivity contribution in [3.8, 4) is 0 Å². The molecule has 0 aliphatic rings. The Balaban J connectivity index is -0.000000160. The van der Waals surface area contributed by atoms with Crippen molar-refractivity contribution < 1.29 is 35.4 Å². The molecule has 0 fully saturated rings. The van der Waals surface area contributed by atoms with Gasteiger partial charge in [0.2, 0.25) is 0 Å². The van der Waals surface area contributed by atoms with Crippen LogP contribution in [-0.2, 0) is 4.79 Å². The molecule has 8 nitrogen and oxygen atoms in total. The van der Waals surface area contributed by atoms with E-state index in [4.69, 9.17) is 30.6 Å². The summed E-state index contributed by atoms with van der Waals surface area (Å²) in [5, 5.41) is 47.4. The molecule has 0 heterocycles. The minimum absolute atomic E-state index is 0.0938. The SMILES string of the molecule is NCC(=O)O.OCC(O)CO.OCCCO. The summed E-state index contributed by atoms with van der Waals surface area (Å²) < 4.78 is 0. The Kier molecular flexibility index (Phi) is 25.5. The lowest BCUT2D eigenvalue weighted by Gasteiger charge is -1.96. The van der Waals surface area contributed by atoms with Crippen molar-refractivity contribution in [1.82, 2.24) is 0 Å². The fourth-order valence-electron chi connectivity index (χ4n) is 0.128. The number of carboxylic acids is 1. The van der Waals surface area contributed by atoms with Crippen molar-refractivity contribution in [2.24, 2.45) is 5.73 Å². The molecule has 0 bridgehead atoms. The number of aliphatic hydroxyl groups is 5. The molecule has 8 heteroatoms. The Hall–Kier alpha value is -0.770.